The minimum Gasteiger partial charge on any atom is -0.394 e. The van der Waals surface area contributed by atoms with Crippen LogP contribution in [0.25, 0.3) is 0 Å². The summed E-state index contributed by atoms with van der Waals surface area (Å²) in [6.07, 6.45) is 0.983. The lowest BCUT2D eigenvalue weighted by atomic mass is 10.1. The average molecular weight is 299 g/mol. The van der Waals surface area contributed by atoms with Crippen LogP contribution in [0.1, 0.15) is 18.9 Å². The molecule has 20 heavy (non-hydrogen) atoms. The maximum absolute atomic E-state index is 9.27. The van der Waals surface area contributed by atoms with Gasteiger partial charge in [0.25, 0.3) is 0 Å². The standard InChI is InChI=1S/C15H23ClN2O2/c1-2-6-17-9-12-4-3-5-14(16)15(12)18-7-8-20-13(10-18)11-19/h3-5,13,17,19H,2,6-11H2,1H3. The Morgan fingerprint density at radius 1 is 1.50 bits per heavy atom. The molecule has 1 heterocycles. The molecule has 1 aromatic rings. The van der Waals surface area contributed by atoms with Gasteiger partial charge in [-0.2, -0.15) is 0 Å². The van der Waals surface area contributed by atoms with E-state index in [9.17, 15) is 5.11 Å². The lowest BCUT2D eigenvalue weighted by Crippen LogP contribution is -2.44. The number of hydrogen-bond acceptors (Lipinski definition) is 4. The van der Waals surface area contributed by atoms with Gasteiger partial charge in [-0.15, -0.1) is 0 Å². The summed E-state index contributed by atoms with van der Waals surface area (Å²) in [5.41, 5.74) is 2.27. The molecule has 0 radical (unpaired) electrons. The normalized spacial score (nSPS) is 19.4. The zero-order chi connectivity index (χ0) is 14.4. The van der Waals surface area contributed by atoms with Crippen molar-refractivity contribution in [2.24, 2.45) is 0 Å². The molecule has 1 fully saturated rings. The van der Waals surface area contributed by atoms with Crippen LogP contribution >= 0.6 is 11.6 Å². The Labute approximate surface area is 125 Å². The first kappa shape index (κ1) is 15.6. The van der Waals surface area contributed by atoms with Crippen LogP contribution in [0, 0.1) is 0 Å². The highest BCUT2D eigenvalue weighted by atomic mass is 35.5. The number of benzene rings is 1. The molecule has 1 saturated heterocycles. The molecule has 0 spiro atoms. The van der Waals surface area contributed by atoms with E-state index in [-0.39, 0.29) is 12.7 Å². The van der Waals surface area contributed by atoms with Crippen molar-refractivity contribution < 1.29 is 9.84 Å². The van der Waals surface area contributed by atoms with Gasteiger partial charge in [0.1, 0.15) is 0 Å². The van der Waals surface area contributed by atoms with Crippen LogP contribution in [0.5, 0.6) is 0 Å². The number of nitrogens with one attached hydrogen (secondary N) is 1. The van der Waals surface area contributed by atoms with Crippen molar-refractivity contribution in [3.05, 3.63) is 28.8 Å². The number of nitrogens with zero attached hydrogens (tertiary/aromatic N) is 1. The van der Waals surface area contributed by atoms with E-state index in [2.05, 4.69) is 23.2 Å². The van der Waals surface area contributed by atoms with Gasteiger partial charge in [-0.05, 0) is 24.6 Å². The Balaban J connectivity index is 2.15. The van der Waals surface area contributed by atoms with Crippen LogP contribution in [0.4, 0.5) is 5.69 Å². The highest BCUT2D eigenvalue weighted by Gasteiger charge is 2.23. The first-order valence-electron chi connectivity index (χ1n) is 7.21. The van der Waals surface area contributed by atoms with E-state index in [1.165, 1.54) is 5.56 Å². The number of morpholine rings is 1. The van der Waals surface area contributed by atoms with Gasteiger partial charge in [0.15, 0.2) is 0 Å². The molecule has 0 saturated carbocycles. The maximum Gasteiger partial charge on any atom is 0.0980 e. The van der Waals surface area contributed by atoms with E-state index in [1.807, 2.05) is 12.1 Å². The Morgan fingerprint density at radius 2 is 2.35 bits per heavy atom. The van der Waals surface area contributed by atoms with Crippen LogP contribution in [-0.4, -0.2) is 44.1 Å². The molecular weight excluding hydrogens is 276 g/mol. The summed E-state index contributed by atoms with van der Waals surface area (Å²) in [7, 11) is 0. The summed E-state index contributed by atoms with van der Waals surface area (Å²) >= 11 is 6.39. The fraction of sp³-hybridized carbons (Fsp3) is 0.600. The molecule has 5 heteroatoms. The van der Waals surface area contributed by atoms with Gasteiger partial charge < -0.3 is 20.1 Å². The Hall–Kier alpha value is -0.810. The molecular formula is C15H23ClN2O2. The van der Waals surface area contributed by atoms with E-state index in [0.29, 0.717) is 13.2 Å². The van der Waals surface area contributed by atoms with Crippen molar-refractivity contribution in [2.75, 3.05) is 37.7 Å². The molecule has 4 nitrogen and oxygen atoms in total. The second-order valence-electron chi connectivity index (χ2n) is 5.05. The molecule has 0 bridgehead atoms. The van der Waals surface area contributed by atoms with E-state index in [0.717, 1.165) is 36.8 Å². The van der Waals surface area contributed by atoms with Crippen molar-refractivity contribution in [1.29, 1.82) is 0 Å². The molecule has 112 valence electrons. The molecule has 1 aliphatic rings. The SMILES string of the molecule is CCCNCc1cccc(Cl)c1N1CCOC(CO)C1. The third-order valence-corrected chi connectivity index (χ3v) is 3.78. The van der Waals surface area contributed by atoms with Crippen LogP contribution < -0.4 is 10.2 Å². The quantitative estimate of drug-likeness (QED) is 0.789. The highest BCUT2D eigenvalue weighted by Crippen LogP contribution is 2.31. The smallest absolute Gasteiger partial charge is 0.0980 e. The van der Waals surface area contributed by atoms with Gasteiger partial charge in [0.05, 0.1) is 30.0 Å². The van der Waals surface area contributed by atoms with Crippen LogP contribution in [0.3, 0.4) is 0 Å². The summed E-state index contributed by atoms with van der Waals surface area (Å²) in [4.78, 5) is 2.22. The molecule has 1 aromatic carbocycles. The van der Waals surface area contributed by atoms with Crippen molar-refractivity contribution >= 4 is 17.3 Å². The number of rotatable bonds is 6. The second kappa shape index (κ2) is 7.84. The van der Waals surface area contributed by atoms with Crippen molar-refractivity contribution in [1.82, 2.24) is 5.32 Å². The first-order chi connectivity index (χ1) is 9.76. The minimum absolute atomic E-state index is 0.0460. The maximum atomic E-state index is 9.27. The summed E-state index contributed by atoms with van der Waals surface area (Å²) in [5.74, 6) is 0. The van der Waals surface area contributed by atoms with Crippen molar-refractivity contribution in [2.45, 2.75) is 26.0 Å². The summed E-state index contributed by atoms with van der Waals surface area (Å²) in [6, 6.07) is 6.01. The zero-order valence-corrected chi connectivity index (χ0v) is 12.7. The minimum atomic E-state index is -0.128. The lowest BCUT2D eigenvalue weighted by molar-refractivity contribution is 0.00353. The van der Waals surface area contributed by atoms with Crippen molar-refractivity contribution in [3.8, 4) is 0 Å². The number of aliphatic hydroxyl groups is 1. The van der Waals surface area contributed by atoms with Gasteiger partial charge in [-0.3, -0.25) is 0 Å². The molecule has 1 atom stereocenters. The Bertz CT molecular complexity index is 428. The number of anilines is 1. The number of ether oxygens (including phenoxy) is 1. The van der Waals surface area contributed by atoms with Gasteiger partial charge in [-0.1, -0.05) is 30.7 Å². The first-order valence-corrected chi connectivity index (χ1v) is 7.59. The van der Waals surface area contributed by atoms with E-state index >= 15 is 0 Å². The van der Waals surface area contributed by atoms with Crippen molar-refractivity contribution in [3.63, 3.8) is 0 Å². The number of aliphatic hydroxyl groups excluding tert-OH is 1. The second-order valence-corrected chi connectivity index (χ2v) is 5.45. The van der Waals surface area contributed by atoms with Crippen LogP contribution in [0.2, 0.25) is 5.02 Å². The highest BCUT2D eigenvalue weighted by molar-refractivity contribution is 6.33. The van der Waals surface area contributed by atoms with Gasteiger partial charge in [0, 0.05) is 19.6 Å². The molecule has 2 N–H and O–H groups in total. The fourth-order valence-corrected chi connectivity index (χ4v) is 2.80. The van der Waals surface area contributed by atoms with E-state index < -0.39 is 0 Å². The average Bonchev–Trinajstić information content (AvgIpc) is 2.48. The monoisotopic (exact) mass is 298 g/mol. The molecule has 1 unspecified atom stereocenters. The topological polar surface area (TPSA) is 44.7 Å². The van der Waals surface area contributed by atoms with E-state index in [1.54, 1.807) is 0 Å². The molecule has 0 amide bonds. The number of hydrogen-bond donors (Lipinski definition) is 2. The fourth-order valence-electron chi connectivity index (χ4n) is 2.49. The zero-order valence-electron chi connectivity index (χ0n) is 11.9. The molecule has 2 rings (SSSR count). The lowest BCUT2D eigenvalue weighted by Gasteiger charge is -2.35. The molecule has 0 aromatic heterocycles. The van der Waals surface area contributed by atoms with Gasteiger partial charge in [-0.25, -0.2) is 0 Å². The third kappa shape index (κ3) is 3.85. The summed E-state index contributed by atoms with van der Waals surface area (Å²) in [5, 5.41) is 13.5. The molecule has 0 aliphatic carbocycles. The summed E-state index contributed by atoms with van der Waals surface area (Å²) < 4.78 is 5.51. The Kier molecular flexibility index (Phi) is 6.10. The molecule has 1 aliphatic heterocycles. The third-order valence-electron chi connectivity index (χ3n) is 3.47. The largest absolute Gasteiger partial charge is 0.394 e. The summed E-state index contributed by atoms with van der Waals surface area (Å²) in [6.45, 7) is 6.11. The van der Waals surface area contributed by atoms with Gasteiger partial charge >= 0.3 is 0 Å². The van der Waals surface area contributed by atoms with Gasteiger partial charge in [0.2, 0.25) is 0 Å². The number of halogens is 1. The van der Waals surface area contributed by atoms with Crippen LogP contribution in [-0.2, 0) is 11.3 Å². The number of para-hydroxylation sites is 1. The predicted octanol–water partition coefficient (Wildman–Crippen LogP) is 2.04. The van der Waals surface area contributed by atoms with Crippen LogP contribution in [0.15, 0.2) is 18.2 Å². The van der Waals surface area contributed by atoms with E-state index in [4.69, 9.17) is 16.3 Å². The Morgan fingerprint density at radius 3 is 3.10 bits per heavy atom. The predicted molar refractivity (Wildman–Crippen MR) is 82.5 cm³/mol.